The average Bonchev–Trinajstić information content (AvgIpc) is 3.17. The number of nitrogens with one attached hydrogen (secondary N) is 2. The largest absolute Gasteiger partial charge is 0.391 e. The van der Waals surface area contributed by atoms with Gasteiger partial charge in [0.25, 0.3) is 5.91 Å². The van der Waals surface area contributed by atoms with E-state index in [4.69, 9.17) is 11.6 Å². The average molecular weight is 465 g/mol. The lowest BCUT2D eigenvalue weighted by Crippen LogP contribution is -2.42. The number of pyridine rings is 1. The second kappa shape index (κ2) is 9.76. The normalized spacial score (nSPS) is 13.7. The van der Waals surface area contributed by atoms with Gasteiger partial charge in [-0.2, -0.15) is 5.10 Å². The lowest BCUT2D eigenvalue weighted by Gasteiger charge is -2.22. The van der Waals surface area contributed by atoms with E-state index in [0.29, 0.717) is 34.0 Å². The van der Waals surface area contributed by atoms with Crippen LogP contribution in [-0.4, -0.2) is 66.7 Å². The summed E-state index contributed by atoms with van der Waals surface area (Å²) < 4.78 is 15.6. The standard InChI is InChI=1S/C21H26ClFN6O3/c1-4-13(30)7-24-17-5-16(14-9-28-29-11-12(22)6-26-19(14)29)25-8-15(17)20(31)27-10-18(23)21(2,3)32/h5-6,8-9,11,13,18,30,32H,4,7,10H2,1-3H3,(H,24,25)(H,27,31)/t13-,18-/m1/s1. The zero-order valence-electron chi connectivity index (χ0n) is 18.0. The van der Waals surface area contributed by atoms with Crippen molar-refractivity contribution in [2.75, 3.05) is 18.4 Å². The molecule has 0 aromatic carbocycles. The van der Waals surface area contributed by atoms with Crippen molar-refractivity contribution in [2.24, 2.45) is 0 Å². The van der Waals surface area contributed by atoms with Gasteiger partial charge < -0.3 is 20.8 Å². The molecule has 9 nitrogen and oxygen atoms in total. The number of hydrogen-bond donors (Lipinski definition) is 4. The third-order valence-electron chi connectivity index (χ3n) is 4.96. The van der Waals surface area contributed by atoms with E-state index < -0.39 is 23.8 Å². The minimum atomic E-state index is -1.64. The van der Waals surface area contributed by atoms with Gasteiger partial charge in [0, 0.05) is 18.9 Å². The second-order valence-corrected chi connectivity index (χ2v) is 8.42. The fourth-order valence-electron chi connectivity index (χ4n) is 2.86. The molecule has 0 unspecified atom stereocenters. The van der Waals surface area contributed by atoms with Gasteiger partial charge in [-0.25, -0.2) is 13.9 Å². The van der Waals surface area contributed by atoms with Crippen LogP contribution in [0.25, 0.3) is 16.9 Å². The van der Waals surface area contributed by atoms with Crippen molar-refractivity contribution in [1.29, 1.82) is 0 Å². The molecule has 4 N–H and O–H groups in total. The van der Waals surface area contributed by atoms with Crippen molar-refractivity contribution < 1.29 is 19.4 Å². The first-order chi connectivity index (χ1) is 15.1. The maximum atomic E-state index is 14.1. The molecule has 0 radical (unpaired) electrons. The number of carbonyl (C=O) groups excluding carboxylic acids is 1. The van der Waals surface area contributed by atoms with Crippen LogP contribution in [0.2, 0.25) is 5.02 Å². The van der Waals surface area contributed by atoms with Crippen LogP contribution in [0.15, 0.2) is 30.9 Å². The van der Waals surface area contributed by atoms with Crippen molar-refractivity contribution in [1.82, 2.24) is 24.9 Å². The summed E-state index contributed by atoms with van der Waals surface area (Å²) in [5.41, 5.74) is 0.656. The summed E-state index contributed by atoms with van der Waals surface area (Å²) in [6.45, 7) is 4.34. The lowest BCUT2D eigenvalue weighted by atomic mass is 10.0. The molecule has 0 aliphatic rings. The number of alkyl halides is 1. The van der Waals surface area contributed by atoms with Gasteiger partial charge in [0.1, 0.15) is 6.17 Å². The van der Waals surface area contributed by atoms with E-state index in [1.807, 2.05) is 6.92 Å². The van der Waals surface area contributed by atoms with Gasteiger partial charge in [-0.1, -0.05) is 18.5 Å². The monoisotopic (exact) mass is 464 g/mol. The molecule has 0 saturated heterocycles. The van der Waals surface area contributed by atoms with Crippen molar-refractivity contribution >= 4 is 28.8 Å². The van der Waals surface area contributed by atoms with E-state index in [2.05, 4.69) is 25.7 Å². The maximum absolute atomic E-state index is 14.1. The Hall–Kier alpha value is -2.82. The second-order valence-electron chi connectivity index (χ2n) is 7.99. The van der Waals surface area contributed by atoms with Crippen LogP contribution in [0.4, 0.5) is 10.1 Å². The molecule has 0 fully saturated rings. The molecule has 0 bridgehead atoms. The highest BCUT2D eigenvalue weighted by atomic mass is 35.5. The summed E-state index contributed by atoms with van der Waals surface area (Å²) in [4.78, 5) is 21.4. The van der Waals surface area contributed by atoms with E-state index in [1.165, 1.54) is 30.8 Å². The van der Waals surface area contributed by atoms with Crippen LogP contribution >= 0.6 is 11.6 Å². The SMILES string of the molecule is CC[C@@H](O)CNc1cc(-c2cnn3cc(Cl)cnc23)ncc1C(=O)NC[C@@H](F)C(C)(C)O. The maximum Gasteiger partial charge on any atom is 0.255 e. The number of anilines is 1. The number of fused-ring (bicyclic) bond motifs is 1. The summed E-state index contributed by atoms with van der Waals surface area (Å²) in [6.07, 6.45) is 4.33. The van der Waals surface area contributed by atoms with Crippen LogP contribution in [0.5, 0.6) is 0 Å². The van der Waals surface area contributed by atoms with Crippen molar-refractivity contribution in [2.45, 2.75) is 45.1 Å². The predicted octanol–water partition coefficient (Wildman–Crippen LogP) is 2.47. The van der Waals surface area contributed by atoms with Crippen LogP contribution < -0.4 is 10.6 Å². The van der Waals surface area contributed by atoms with Gasteiger partial charge in [-0.05, 0) is 26.3 Å². The van der Waals surface area contributed by atoms with Gasteiger partial charge in [0.15, 0.2) is 5.65 Å². The van der Waals surface area contributed by atoms with E-state index in [-0.39, 0.29) is 18.7 Å². The molecule has 1 amide bonds. The fourth-order valence-corrected chi connectivity index (χ4v) is 3.00. The minimum Gasteiger partial charge on any atom is -0.391 e. The Labute approximate surface area is 189 Å². The zero-order valence-corrected chi connectivity index (χ0v) is 18.8. The summed E-state index contributed by atoms with van der Waals surface area (Å²) >= 11 is 5.96. The first-order valence-electron chi connectivity index (χ1n) is 10.2. The number of halogens is 2. The highest BCUT2D eigenvalue weighted by molar-refractivity contribution is 6.30. The van der Waals surface area contributed by atoms with Gasteiger partial charge >= 0.3 is 0 Å². The molecule has 0 spiro atoms. The quantitative estimate of drug-likeness (QED) is 0.383. The molecule has 32 heavy (non-hydrogen) atoms. The van der Waals surface area contributed by atoms with Gasteiger partial charge in [0.05, 0.1) is 58.2 Å². The Morgan fingerprint density at radius 2 is 2.03 bits per heavy atom. The Morgan fingerprint density at radius 3 is 2.72 bits per heavy atom. The number of aliphatic hydroxyl groups is 2. The molecular formula is C21H26ClFN6O3. The molecular weight excluding hydrogens is 439 g/mol. The third kappa shape index (κ3) is 5.50. The van der Waals surface area contributed by atoms with Gasteiger partial charge in [0.2, 0.25) is 0 Å². The number of carbonyl (C=O) groups is 1. The summed E-state index contributed by atoms with van der Waals surface area (Å²) in [5, 5.41) is 29.9. The highest BCUT2D eigenvalue weighted by Crippen LogP contribution is 2.27. The van der Waals surface area contributed by atoms with E-state index in [0.717, 1.165) is 0 Å². The summed E-state index contributed by atoms with van der Waals surface area (Å²) in [5.74, 6) is -0.561. The van der Waals surface area contributed by atoms with Crippen molar-refractivity contribution in [3.63, 3.8) is 0 Å². The summed E-state index contributed by atoms with van der Waals surface area (Å²) in [6, 6.07) is 1.65. The Kier molecular flexibility index (Phi) is 7.27. The molecule has 3 aromatic rings. The van der Waals surface area contributed by atoms with Crippen LogP contribution in [0.3, 0.4) is 0 Å². The molecule has 0 aliphatic carbocycles. The molecule has 11 heteroatoms. The van der Waals surface area contributed by atoms with Gasteiger partial charge in [-0.15, -0.1) is 0 Å². The molecule has 3 rings (SSSR count). The van der Waals surface area contributed by atoms with E-state index >= 15 is 0 Å². The molecule has 3 aromatic heterocycles. The molecule has 0 saturated carbocycles. The molecule has 3 heterocycles. The van der Waals surface area contributed by atoms with Crippen LogP contribution in [-0.2, 0) is 0 Å². The summed E-state index contributed by atoms with van der Waals surface area (Å²) in [7, 11) is 0. The Morgan fingerprint density at radius 1 is 1.28 bits per heavy atom. The number of amides is 1. The lowest BCUT2D eigenvalue weighted by molar-refractivity contribution is -0.00177. The fraction of sp³-hybridized carbons (Fsp3) is 0.429. The van der Waals surface area contributed by atoms with Crippen molar-refractivity contribution in [3.05, 3.63) is 41.4 Å². The van der Waals surface area contributed by atoms with E-state index in [9.17, 15) is 19.4 Å². The highest BCUT2D eigenvalue weighted by Gasteiger charge is 2.27. The van der Waals surface area contributed by atoms with Crippen LogP contribution in [0, 0.1) is 0 Å². The number of aromatic nitrogens is 4. The number of nitrogens with zero attached hydrogens (tertiary/aromatic N) is 4. The molecule has 0 aliphatic heterocycles. The van der Waals surface area contributed by atoms with Crippen molar-refractivity contribution in [3.8, 4) is 11.3 Å². The number of aliphatic hydroxyl groups excluding tert-OH is 1. The minimum absolute atomic E-state index is 0.174. The Balaban J connectivity index is 1.92. The topological polar surface area (TPSA) is 125 Å². The van der Waals surface area contributed by atoms with E-state index in [1.54, 1.807) is 18.5 Å². The van der Waals surface area contributed by atoms with Gasteiger partial charge in [-0.3, -0.25) is 9.78 Å². The number of rotatable bonds is 9. The predicted molar refractivity (Wildman–Crippen MR) is 120 cm³/mol. The third-order valence-corrected chi connectivity index (χ3v) is 5.15. The number of hydrogen-bond acceptors (Lipinski definition) is 7. The van der Waals surface area contributed by atoms with Crippen LogP contribution in [0.1, 0.15) is 37.6 Å². The first-order valence-corrected chi connectivity index (χ1v) is 10.5. The smallest absolute Gasteiger partial charge is 0.255 e. The Bertz CT molecular complexity index is 1100. The molecule has 172 valence electrons. The first kappa shape index (κ1) is 23.8. The molecule has 2 atom stereocenters. The zero-order chi connectivity index (χ0) is 23.5.